The quantitative estimate of drug-likeness (QED) is 0.917. The van der Waals surface area contributed by atoms with Crippen molar-refractivity contribution in [1.82, 2.24) is 9.88 Å². The predicted octanol–water partition coefficient (Wildman–Crippen LogP) is 2.51. The first-order valence-electron chi connectivity index (χ1n) is 7.14. The number of carbonyl (C=O) groups is 1. The Morgan fingerprint density at radius 1 is 1.24 bits per heavy atom. The zero-order valence-electron chi connectivity index (χ0n) is 12.5. The number of amides is 1. The van der Waals surface area contributed by atoms with Crippen molar-refractivity contribution in [2.45, 2.75) is 26.9 Å². The smallest absolute Gasteiger partial charge is 0.254 e. The summed E-state index contributed by atoms with van der Waals surface area (Å²) in [6.07, 6.45) is 1.67. The maximum absolute atomic E-state index is 12.6. The second-order valence-corrected chi connectivity index (χ2v) is 4.98. The molecule has 0 saturated heterocycles. The lowest BCUT2D eigenvalue weighted by Crippen LogP contribution is -2.31. The minimum atomic E-state index is 0.0230. The lowest BCUT2D eigenvalue weighted by atomic mass is 10.1. The summed E-state index contributed by atoms with van der Waals surface area (Å²) < 4.78 is 0. The van der Waals surface area contributed by atoms with Crippen LogP contribution in [-0.4, -0.2) is 22.3 Å². The highest BCUT2D eigenvalue weighted by molar-refractivity contribution is 5.94. The Hall–Kier alpha value is -2.20. The third-order valence-electron chi connectivity index (χ3n) is 3.51. The molecule has 0 unspecified atom stereocenters. The fourth-order valence-electron chi connectivity index (χ4n) is 2.30. The van der Waals surface area contributed by atoms with Crippen molar-refractivity contribution >= 4 is 5.91 Å². The van der Waals surface area contributed by atoms with Crippen LogP contribution in [0, 0.1) is 6.92 Å². The van der Waals surface area contributed by atoms with Gasteiger partial charge in [0.25, 0.3) is 5.91 Å². The maximum atomic E-state index is 12.6. The SMILES string of the molecule is CCN(Cc1ccccc1CN)C(=O)c1ccnc(C)c1. The van der Waals surface area contributed by atoms with Crippen molar-refractivity contribution < 1.29 is 4.79 Å². The molecule has 1 aromatic heterocycles. The molecule has 1 amide bonds. The molecule has 0 aliphatic rings. The summed E-state index contributed by atoms with van der Waals surface area (Å²) >= 11 is 0. The zero-order valence-corrected chi connectivity index (χ0v) is 12.5. The molecule has 0 aliphatic heterocycles. The van der Waals surface area contributed by atoms with Crippen LogP contribution in [0.15, 0.2) is 42.6 Å². The van der Waals surface area contributed by atoms with Gasteiger partial charge in [0.05, 0.1) is 0 Å². The molecule has 2 N–H and O–H groups in total. The highest BCUT2D eigenvalue weighted by atomic mass is 16.2. The van der Waals surface area contributed by atoms with E-state index < -0.39 is 0 Å². The minimum Gasteiger partial charge on any atom is -0.335 e. The van der Waals surface area contributed by atoms with Crippen LogP contribution in [0.25, 0.3) is 0 Å². The van der Waals surface area contributed by atoms with Crippen LogP contribution in [0.5, 0.6) is 0 Å². The molecule has 0 saturated carbocycles. The van der Waals surface area contributed by atoms with Gasteiger partial charge in [-0.05, 0) is 37.1 Å². The molecule has 110 valence electrons. The van der Waals surface area contributed by atoms with Crippen LogP contribution in [0.3, 0.4) is 0 Å². The summed E-state index contributed by atoms with van der Waals surface area (Å²) in [4.78, 5) is 18.6. The molecule has 0 bridgehead atoms. The summed E-state index contributed by atoms with van der Waals surface area (Å²) in [6.45, 7) is 5.58. The number of pyridine rings is 1. The number of nitrogens with two attached hydrogens (primary N) is 1. The van der Waals surface area contributed by atoms with Crippen LogP contribution in [0.1, 0.15) is 34.1 Å². The van der Waals surface area contributed by atoms with Crippen molar-refractivity contribution in [2.24, 2.45) is 5.73 Å². The number of rotatable bonds is 5. The van der Waals surface area contributed by atoms with Gasteiger partial charge in [-0.2, -0.15) is 0 Å². The molecule has 0 radical (unpaired) electrons. The topological polar surface area (TPSA) is 59.2 Å². The summed E-state index contributed by atoms with van der Waals surface area (Å²) in [6, 6.07) is 11.5. The van der Waals surface area contributed by atoms with E-state index in [1.807, 2.05) is 49.1 Å². The predicted molar refractivity (Wildman–Crippen MR) is 83.7 cm³/mol. The first-order valence-corrected chi connectivity index (χ1v) is 7.14. The van der Waals surface area contributed by atoms with Gasteiger partial charge in [0, 0.05) is 37.1 Å². The number of aromatic nitrogens is 1. The molecule has 2 aromatic rings. The van der Waals surface area contributed by atoms with Gasteiger partial charge in [-0.25, -0.2) is 0 Å². The Kier molecular flexibility index (Phi) is 5.06. The van der Waals surface area contributed by atoms with Crippen LogP contribution < -0.4 is 5.73 Å². The van der Waals surface area contributed by atoms with Crippen LogP contribution in [0.4, 0.5) is 0 Å². The van der Waals surface area contributed by atoms with Gasteiger partial charge in [-0.1, -0.05) is 24.3 Å². The van der Waals surface area contributed by atoms with E-state index in [1.165, 1.54) is 0 Å². The van der Waals surface area contributed by atoms with Crippen molar-refractivity contribution in [3.8, 4) is 0 Å². The fraction of sp³-hybridized carbons (Fsp3) is 0.294. The molecular weight excluding hydrogens is 262 g/mol. The second-order valence-electron chi connectivity index (χ2n) is 4.98. The monoisotopic (exact) mass is 283 g/mol. The highest BCUT2D eigenvalue weighted by Gasteiger charge is 2.15. The van der Waals surface area contributed by atoms with E-state index in [4.69, 9.17) is 5.73 Å². The Bertz CT molecular complexity index is 625. The van der Waals surface area contributed by atoms with Gasteiger partial charge < -0.3 is 10.6 Å². The Labute approximate surface area is 125 Å². The van der Waals surface area contributed by atoms with Crippen LogP contribution in [-0.2, 0) is 13.1 Å². The van der Waals surface area contributed by atoms with E-state index in [0.717, 1.165) is 16.8 Å². The van der Waals surface area contributed by atoms with Gasteiger partial charge >= 0.3 is 0 Å². The lowest BCUT2D eigenvalue weighted by molar-refractivity contribution is 0.0752. The number of carbonyl (C=O) groups excluding carboxylic acids is 1. The summed E-state index contributed by atoms with van der Waals surface area (Å²) in [7, 11) is 0. The Morgan fingerprint density at radius 3 is 2.57 bits per heavy atom. The minimum absolute atomic E-state index is 0.0230. The average Bonchev–Trinajstić information content (AvgIpc) is 2.52. The van der Waals surface area contributed by atoms with Gasteiger partial charge in [0.2, 0.25) is 0 Å². The molecule has 0 aliphatic carbocycles. The molecule has 4 heteroatoms. The largest absolute Gasteiger partial charge is 0.335 e. The number of hydrogen-bond donors (Lipinski definition) is 1. The number of aryl methyl sites for hydroxylation is 1. The number of nitrogens with zero attached hydrogens (tertiary/aromatic N) is 2. The standard InChI is InChI=1S/C17H21N3O/c1-3-20(12-16-7-5-4-6-15(16)11-18)17(21)14-8-9-19-13(2)10-14/h4-10H,3,11-12,18H2,1-2H3. The van der Waals surface area contributed by atoms with Crippen LogP contribution in [0.2, 0.25) is 0 Å². The van der Waals surface area contributed by atoms with E-state index in [1.54, 1.807) is 12.3 Å². The third-order valence-corrected chi connectivity index (χ3v) is 3.51. The van der Waals surface area contributed by atoms with Gasteiger partial charge in [0.15, 0.2) is 0 Å². The lowest BCUT2D eigenvalue weighted by Gasteiger charge is -2.22. The summed E-state index contributed by atoms with van der Waals surface area (Å²) in [5.74, 6) is 0.0230. The van der Waals surface area contributed by atoms with E-state index >= 15 is 0 Å². The fourth-order valence-corrected chi connectivity index (χ4v) is 2.30. The maximum Gasteiger partial charge on any atom is 0.254 e. The molecule has 0 fully saturated rings. The molecular formula is C17H21N3O. The highest BCUT2D eigenvalue weighted by Crippen LogP contribution is 2.14. The molecule has 2 rings (SSSR count). The molecule has 4 nitrogen and oxygen atoms in total. The van der Waals surface area contributed by atoms with E-state index in [9.17, 15) is 4.79 Å². The van der Waals surface area contributed by atoms with E-state index in [2.05, 4.69) is 4.98 Å². The Balaban J connectivity index is 2.22. The van der Waals surface area contributed by atoms with E-state index in [0.29, 0.717) is 25.2 Å². The first-order chi connectivity index (χ1) is 10.2. The summed E-state index contributed by atoms with van der Waals surface area (Å²) in [5, 5.41) is 0. The third kappa shape index (κ3) is 3.67. The molecule has 0 spiro atoms. The van der Waals surface area contributed by atoms with Crippen LogP contribution >= 0.6 is 0 Å². The van der Waals surface area contributed by atoms with Crippen molar-refractivity contribution in [3.05, 3.63) is 65.0 Å². The summed E-state index contributed by atoms with van der Waals surface area (Å²) in [5.41, 5.74) is 9.46. The average molecular weight is 283 g/mol. The molecule has 0 atom stereocenters. The molecule has 21 heavy (non-hydrogen) atoms. The number of hydrogen-bond acceptors (Lipinski definition) is 3. The zero-order chi connectivity index (χ0) is 15.2. The van der Waals surface area contributed by atoms with E-state index in [-0.39, 0.29) is 5.91 Å². The van der Waals surface area contributed by atoms with Crippen molar-refractivity contribution in [2.75, 3.05) is 6.54 Å². The van der Waals surface area contributed by atoms with Crippen molar-refractivity contribution in [1.29, 1.82) is 0 Å². The number of benzene rings is 1. The van der Waals surface area contributed by atoms with Crippen molar-refractivity contribution in [3.63, 3.8) is 0 Å². The van der Waals surface area contributed by atoms with Gasteiger partial charge in [-0.3, -0.25) is 9.78 Å². The normalized spacial score (nSPS) is 10.4. The van der Waals surface area contributed by atoms with Gasteiger partial charge in [0.1, 0.15) is 0 Å². The Morgan fingerprint density at radius 2 is 1.95 bits per heavy atom. The molecule has 1 aromatic carbocycles. The molecule has 1 heterocycles. The van der Waals surface area contributed by atoms with Gasteiger partial charge in [-0.15, -0.1) is 0 Å². The second kappa shape index (κ2) is 6.99. The first kappa shape index (κ1) is 15.2.